The fourth-order valence-electron chi connectivity index (χ4n) is 1.92. The number of nitrogens with one attached hydrogen (secondary N) is 1. The lowest BCUT2D eigenvalue weighted by atomic mass is 10.2. The summed E-state index contributed by atoms with van der Waals surface area (Å²) in [6, 6.07) is 3.57. The molecule has 0 unspecified atom stereocenters. The molecule has 20 heavy (non-hydrogen) atoms. The van der Waals surface area contributed by atoms with Crippen LogP contribution in [0.2, 0.25) is 0 Å². The van der Waals surface area contributed by atoms with Crippen molar-refractivity contribution in [1.29, 1.82) is 0 Å². The van der Waals surface area contributed by atoms with Crippen LogP contribution in [-0.2, 0) is 6.54 Å². The second-order valence-corrected chi connectivity index (χ2v) is 4.24. The second-order valence-electron chi connectivity index (χ2n) is 4.24. The van der Waals surface area contributed by atoms with E-state index in [1.54, 1.807) is 0 Å². The number of nitrogen functional groups attached to an aromatic ring is 1. The van der Waals surface area contributed by atoms with E-state index in [9.17, 15) is 13.6 Å². The third-order valence-corrected chi connectivity index (χ3v) is 2.83. The van der Waals surface area contributed by atoms with Gasteiger partial charge in [0.05, 0.1) is 12.9 Å². The van der Waals surface area contributed by atoms with Crippen molar-refractivity contribution in [3.8, 4) is 0 Å². The zero-order valence-electron chi connectivity index (χ0n) is 10.1. The van der Waals surface area contributed by atoms with Gasteiger partial charge in [0.25, 0.3) is 5.56 Å². The number of nitrogens with two attached hydrogens (primary N) is 1. The van der Waals surface area contributed by atoms with E-state index in [-0.39, 0.29) is 23.7 Å². The molecule has 3 rings (SSSR count). The molecule has 0 saturated carbocycles. The zero-order chi connectivity index (χ0) is 14.3. The summed E-state index contributed by atoms with van der Waals surface area (Å²) in [5.41, 5.74) is 5.97. The third kappa shape index (κ3) is 2.00. The van der Waals surface area contributed by atoms with Gasteiger partial charge in [0.1, 0.15) is 0 Å². The number of anilines is 1. The molecule has 0 atom stereocenters. The third-order valence-electron chi connectivity index (χ3n) is 2.83. The highest BCUT2D eigenvalue weighted by molar-refractivity contribution is 5.70. The van der Waals surface area contributed by atoms with Crippen LogP contribution in [0.1, 0.15) is 5.56 Å². The Labute approximate surface area is 110 Å². The molecule has 3 N–H and O–H groups in total. The Balaban J connectivity index is 2.06. The number of fused-ring (bicyclic) bond motifs is 1. The van der Waals surface area contributed by atoms with Crippen LogP contribution < -0.4 is 11.3 Å². The van der Waals surface area contributed by atoms with Crippen molar-refractivity contribution < 1.29 is 8.78 Å². The van der Waals surface area contributed by atoms with E-state index in [1.807, 2.05) is 0 Å². The lowest BCUT2D eigenvalue weighted by Crippen LogP contribution is -2.12. The molecule has 2 aromatic heterocycles. The van der Waals surface area contributed by atoms with Gasteiger partial charge in [0.15, 0.2) is 22.8 Å². The molecule has 0 aliphatic heterocycles. The number of aromatic nitrogens is 4. The van der Waals surface area contributed by atoms with Crippen LogP contribution >= 0.6 is 0 Å². The molecule has 3 aromatic rings. The van der Waals surface area contributed by atoms with Gasteiger partial charge in [-0.1, -0.05) is 6.07 Å². The van der Waals surface area contributed by atoms with E-state index >= 15 is 0 Å². The Hall–Kier alpha value is -2.77. The number of imidazole rings is 1. The van der Waals surface area contributed by atoms with Gasteiger partial charge in [-0.3, -0.25) is 9.78 Å². The number of hydrogen-bond acceptors (Lipinski definition) is 4. The van der Waals surface area contributed by atoms with Crippen molar-refractivity contribution in [1.82, 2.24) is 19.5 Å². The predicted octanol–water partition coefficient (Wildman–Crippen LogP) is 1.03. The number of rotatable bonds is 2. The van der Waals surface area contributed by atoms with Gasteiger partial charge in [-0.05, 0) is 17.7 Å². The minimum atomic E-state index is -0.933. The summed E-state index contributed by atoms with van der Waals surface area (Å²) in [5.74, 6) is -1.88. The summed E-state index contributed by atoms with van der Waals surface area (Å²) in [5, 5.41) is 0. The van der Waals surface area contributed by atoms with Gasteiger partial charge in [-0.15, -0.1) is 0 Å². The number of nitrogens with zero attached hydrogens (tertiary/aromatic N) is 3. The fraction of sp³-hybridized carbons (Fsp3) is 0.0833. The molecule has 0 spiro atoms. The molecule has 102 valence electrons. The lowest BCUT2D eigenvalue weighted by molar-refractivity contribution is 0.506. The number of hydrogen-bond donors (Lipinski definition) is 2. The Morgan fingerprint density at radius 1 is 1.30 bits per heavy atom. The molecule has 8 heteroatoms. The highest BCUT2D eigenvalue weighted by Gasteiger charge is 2.10. The largest absolute Gasteiger partial charge is 0.369 e. The minimum Gasteiger partial charge on any atom is -0.369 e. The number of halogens is 2. The van der Waals surface area contributed by atoms with Gasteiger partial charge in [0, 0.05) is 0 Å². The molecular weight excluding hydrogens is 268 g/mol. The summed E-state index contributed by atoms with van der Waals surface area (Å²) in [7, 11) is 0. The molecule has 0 radical (unpaired) electrons. The smallest absolute Gasteiger partial charge is 0.280 e. The van der Waals surface area contributed by atoms with Crippen LogP contribution in [0.3, 0.4) is 0 Å². The maximum atomic E-state index is 13.2. The van der Waals surface area contributed by atoms with Crippen LogP contribution in [-0.4, -0.2) is 19.5 Å². The summed E-state index contributed by atoms with van der Waals surface area (Å²) >= 11 is 0. The van der Waals surface area contributed by atoms with Gasteiger partial charge < -0.3 is 10.3 Å². The molecule has 0 aliphatic rings. The van der Waals surface area contributed by atoms with Crippen molar-refractivity contribution in [2.75, 3.05) is 5.73 Å². The molecule has 0 amide bonds. The summed E-state index contributed by atoms with van der Waals surface area (Å²) in [4.78, 5) is 21.9. The molecule has 0 fully saturated rings. The minimum absolute atomic E-state index is 0.0328. The van der Waals surface area contributed by atoms with Crippen molar-refractivity contribution in [2.24, 2.45) is 0 Å². The lowest BCUT2D eigenvalue weighted by Gasteiger charge is -2.04. The molecular formula is C12H9F2N5O. The topological polar surface area (TPSA) is 89.6 Å². The van der Waals surface area contributed by atoms with E-state index in [0.29, 0.717) is 5.56 Å². The summed E-state index contributed by atoms with van der Waals surface area (Å²) in [6.45, 7) is 0.198. The van der Waals surface area contributed by atoms with Crippen molar-refractivity contribution in [3.63, 3.8) is 0 Å². The van der Waals surface area contributed by atoms with Crippen LogP contribution in [0.15, 0.2) is 29.3 Å². The first kappa shape index (κ1) is 12.3. The van der Waals surface area contributed by atoms with Crippen LogP contribution in [0.5, 0.6) is 0 Å². The standard InChI is InChI=1S/C12H9F2N5O/c13-7-2-1-6(3-8(7)14)4-19-5-16-9-10(19)17-12(15)18-11(9)20/h1-3,5H,4H2,(H3,15,17,18,20). The Morgan fingerprint density at radius 3 is 2.85 bits per heavy atom. The van der Waals surface area contributed by atoms with Gasteiger partial charge in [-0.2, -0.15) is 4.98 Å². The monoisotopic (exact) mass is 277 g/mol. The molecule has 0 bridgehead atoms. The summed E-state index contributed by atoms with van der Waals surface area (Å²) < 4.78 is 27.6. The quantitative estimate of drug-likeness (QED) is 0.732. The number of H-pyrrole nitrogens is 1. The number of aromatic amines is 1. The molecule has 1 aromatic carbocycles. The second kappa shape index (κ2) is 4.41. The average Bonchev–Trinajstić information content (AvgIpc) is 2.77. The van der Waals surface area contributed by atoms with E-state index in [4.69, 9.17) is 5.73 Å². The SMILES string of the molecule is Nc1nc2c(ncn2Cc2ccc(F)c(F)c2)c(=O)[nH]1. The molecule has 0 aliphatic carbocycles. The van der Waals surface area contributed by atoms with Gasteiger partial charge in [-0.25, -0.2) is 13.8 Å². The van der Waals surface area contributed by atoms with E-state index in [2.05, 4.69) is 15.0 Å². The highest BCUT2D eigenvalue weighted by Crippen LogP contribution is 2.13. The van der Waals surface area contributed by atoms with E-state index in [0.717, 1.165) is 12.1 Å². The Kier molecular flexibility index (Phi) is 2.70. The summed E-state index contributed by atoms with van der Waals surface area (Å²) in [6.07, 6.45) is 1.40. The van der Waals surface area contributed by atoms with Crippen molar-refractivity contribution in [2.45, 2.75) is 6.54 Å². The first-order chi connectivity index (χ1) is 9.54. The van der Waals surface area contributed by atoms with Crippen molar-refractivity contribution >= 4 is 17.1 Å². The maximum absolute atomic E-state index is 13.2. The molecule has 0 saturated heterocycles. The number of benzene rings is 1. The molecule has 6 nitrogen and oxygen atoms in total. The average molecular weight is 277 g/mol. The Morgan fingerprint density at radius 2 is 2.10 bits per heavy atom. The first-order valence-electron chi connectivity index (χ1n) is 5.69. The van der Waals surface area contributed by atoms with Crippen LogP contribution in [0.25, 0.3) is 11.2 Å². The van der Waals surface area contributed by atoms with Crippen LogP contribution in [0, 0.1) is 11.6 Å². The van der Waals surface area contributed by atoms with E-state index < -0.39 is 17.2 Å². The first-order valence-corrected chi connectivity index (χ1v) is 5.69. The van der Waals surface area contributed by atoms with Gasteiger partial charge in [0.2, 0.25) is 5.95 Å². The Bertz CT molecular complexity index is 855. The van der Waals surface area contributed by atoms with Crippen LogP contribution in [0.4, 0.5) is 14.7 Å². The maximum Gasteiger partial charge on any atom is 0.280 e. The highest BCUT2D eigenvalue weighted by atomic mass is 19.2. The normalized spacial score (nSPS) is 11.1. The predicted molar refractivity (Wildman–Crippen MR) is 68.0 cm³/mol. The zero-order valence-corrected chi connectivity index (χ0v) is 10.1. The molecule has 2 heterocycles. The fourth-order valence-corrected chi connectivity index (χ4v) is 1.92. The van der Waals surface area contributed by atoms with Crippen molar-refractivity contribution in [3.05, 3.63) is 52.1 Å². The van der Waals surface area contributed by atoms with E-state index in [1.165, 1.54) is 17.0 Å². The van der Waals surface area contributed by atoms with Gasteiger partial charge >= 0.3 is 0 Å².